The first kappa shape index (κ1) is 17.5. The Bertz CT molecular complexity index is 620. The van der Waals surface area contributed by atoms with Crippen molar-refractivity contribution < 1.29 is 19.4 Å². The summed E-state index contributed by atoms with van der Waals surface area (Å²) in [4.78, 5) is 26.4. The molecule has 1 aliphatic rings. The Morgan fingerprint density at radius 2 is 2.17 bits per heavy atom. The van der Waals surface area contributed by atoms with Gasteiger partial charge in [0.15, 0.2) is 0 Å². The van der Waals surface area contributed by atoms with Crippen LogP contribution < -0.4 is 4.90 Å². The molecule has 5 nitrogen and oxygen atoms in total. The van der Waals surface area contributed by atoms with Gasteiger partial charge in [0, 0.05) is 12.5 Å². The quantitative estimate of drug-likeness (QED) is 0.522. The van der Waals surface area contributed by atoms with E-state index in [0.717, 1.165) is 17.7 Å². The molecule has 2 rings (SSSR count). The second-order valence-electron chi connectivity index (χ2n) is 5.45. The van der Waals surface area contributed by atoms with Crippen molar-refractivity contribution in [2.45, 2.75) is 51.2 Å². The molecule has 1 aliphatic carbocycles. The molecule has 1 aromatic rings. The van der Waals surface area contributed by atoms with Gasteiger partial charge in [-0.05, 0) is 31.7 Å². The van der Waals surface area contributed by atoms with Gasteiger partial charge in [0.1, 0.15) is 4.88 Å². The summed E-state index contributed by atoms with van der Waals surface area (Å²) in [6, 6.07) is 1.76. The predicted octanol–water partition coefficient (Wildman–Crippen LogP) is 2.56. The lowest BCUT2D eigenvalue weighted by atomic mass is 9.92. The maximum Gasteiger partial charge on any atom is 0.350 e. The Labute approximate surface area is 140 Å². The number of nitrogens with zero attached hydrogens (tertiary/aromatic N) is 1. The zero-order chi connectivity index (χ0) is 16.8. The minimum atomic E-state index is -0.461. The largest absolute Gasteiger partial charge is 0.465 e. The van der Waals surface area contributed by atoms with Crippen LogP contribution in [0.4, 0.5) is 5.69 Å². The number of aliphatic hydroxyl groups excluding tert-OH is 1. The molecule has 1 amide bonds. The minimum Gasteiger partial charge on any atom is -0.465 e. The van der Waals surface area contributed by atoms with Gasteiger partial charge in [0.05, 0.1) is 23.8 Å². The van der Waals surface area contributed by atoms with E-state index in [9.17, 15) is 14.7 Å². The van der Waals surface area contributed by atoms with Crippen molar-refractivity contribution in [3.63, 3.8) is 0 Å². The van der Waals surface area contributed by atoms with E-state index in [2.05, 4.69) is 11.8 Å². The Balaban J connectivity index is 2.35. The molecule has 0 saturated heterocycles. The number of rotatable bonds is 4. The summed E-state index contributed by atoms with van der Waals surface area (Å²) >= 11 is 1.24. The Morgan fingerprint density at radius 1 is 1.48 bits per heavy atom. The Kier molecular flexibility index (Phi) is 6.20. The number of ether oxygens (including phenoxy) is 1. The van der Waals surface area contributed by atoms with Crippen LogP contribution in [-0.4, -0.2) is 36.7 Å². The number of carbonyl (C=O) groups excluding carboxylic acids is 2. The smallest absolute Gasteiger partial charge is 0.350 e. The van der Waals surface area contributed by atoms with Gasteiger partial charge in [-0.15, -0.1) is 11.3 Å². The Morgan fingerprint density at radius 3 is 2.74 bits per heavy atom. The molecule has 1 aromatic heterocycles. The highest BCUT2D eigenvalue weighted by atomic mass is 32.1. The van der Waals surface area contributed by atoms with E-state index in [4.69, 9.17) is 4.74 Å². The maximum absolute atomic E-state index is 12.0. The molecule has 23 heavy (non-hydrogen) atoms. The highest BCUT2D eigenvalue weighted by Gasteiger charge is 2.29. The molecule has 1 N–H and O–H groups in total. The highest BCUT2D eigenvalue weighted by Crippen LogP contribution is 2.34. The molecule has 1 saturated carbocycles. The van der Waals surface area contributed by atoms with Gasteiger partial charge < -0.3 is 14.7 Å². The number of methoxy groups -OCH3 is 1. The lowest BCUT2D eigenvalue weighted by molar-refractivity contribution is -0.108. The number of hydrogen-bond acceptors (Lipinski definition) is 5. The fraction of sp³-hybridized carbons (Fsp3) is 0.529. The van der Waals surface area contributed by atoms with E-state index in [1.54, 1.807) is 11.0 Å². The molecule has 0 unspecified atom stereocenters. The average molecular weight is 335 g/mol. The summed E-state index contributed by atoms with van der Waals surface area (Å²) in [5, 5.41) is 9.64. The van der Waals surface area contributed by atoms with Crippen LogP contribution in [0.1, 0.15) is 53.6 Å². The predicted molar refractivity (Wildman–Crippen MR) is 89.6 cm³/mol. The van der Waals surface area contributed by atoms with Crippen molar-refractivity contribution in [2.75, 3.05) is 12.0 Å². The molecule has 0 bridgehead atoms. The van der Waals surface area contributed by atoms with Crippen LogP contribution in [0, 0.1) is 11.8 Å². The number of amides is 1. The third-order valence-corrected chi connectivity index (χ3v) is 4.94. The molecule has 0 aromatic carbocycles. The van der Waals surface area contributed by atoms with Crippen molar-refractivity contribution in [3.05, 3.63) is 15.8 Å². The van der Waals surface area contributed by atoms with Crippen molar-refractivity contribution in [1.29, 1.82) is 0 Å². The minimum absolute atomic E-state index is 0.0131. The van der Waals surface area contributed by atoms with Gasteiger partial charge in [0.2, 0.25) is 6.41 Å². The van der Waals surface area contributed by atoms with Crippen LogP contribution in [0.3, 0.4) is 0 Å². The van der Waals surface area contributed by atoms with Gasteiger partial charge in [-0.3, -0.25) is 4.79 Å². The zero-order valence-corrected chi connectivity index (χ0v) is 14.2. The molecule has 6 heteroatoms. The van der Waals surface area contributed by atoms with Crippen LogP contribution in [0.15, 0.2) is 6.07 Å². The zero-order valence-electron chi connectivity index (χ0n) is 13.4. The summed E-state index contributed by atoms with van der Waals surface area (Å²) in [7, 11) is 1.32. The molecule has 1 fully saturated rings. The van der Waals surface area contributed by atoms with Gasteiger partial charge in [-0.25, -0.2) is 4.79 Å². The number of carbonyl (C=O) groups is 2. The van der Waals surface area contributed by atoms with Crippen LogP contribution >= 0.6 is 11.3 Å². The first-order valence-corrected chi connectivity index (χ1v) is 8.55. The summed E-state index contributed by atoms with van der Waals surface area (Å²) in [6.07, 6.45) is 3.93. The number of anilines is 1. The first-order valence-electron chi connectivity index (χ1n) is 7.73. The van der Waals surface area contributed by atoms with Crippen LogP contribution in [0.5, 0.6) is 0 Å². The van der Waals surface area contributed by atoms with E-state index in [0.29, 0.717) is 36.2 Å². The SMILES string of the molecule is CCC#Cc1cc(N(C=O)C2CCC(O)CC2)c(C(=O)OC)s1. The molecule has 124 valence electrons. The molecular formula is C17H21NO4S. The van der Waals surface area contributed by atoms with Gasteiger partial charge >= 0.3 is 5.97 Å². The maximum atomic E-state index is 12.0. The summed E-state index contributed by atoms with van der Waals surface area (Å²) < 4.78 is 4.83. The molecule has 0 aliphatic heterocycles. The molecule has 0 spiro atoms. The second kappa shape index (κ2) is 8.14. The summed E-state index contributed by atoms with van der Waals surface area (Å²) in [5.74, 6) is 5.51. The van der Waals surface area contributed by atoms with E-state index in [1.807, 2.05) is 6.92 Å². The third-order valence-electron chi connectivity index (χ3n) is 3.92. The van der Waals surface area contributed by atoms with E-state index >= 15 is 0 Å². The standard InChI is InChI=1S/C17H21NO4S/c1-3-4-5-14-10-15(16(23-14)17(21)22-2)18(11-19)12-6-8-13(20)9-7-12/h10-13,20H,3,6-9H2,1-2H3. The van der Waals surface area contributed by atoms with Gasteiger partial charge in [-0.1, -0.05) is 18.8 Å². The fourth-order valence-electron chi connectivity index (χ4n) is 2.73. The number of hydrogen-bond donors (Lipinski definition) is 1. The average Bonchev–Trinajstić information content (AvgIpc) is 2.98. The second-order valence-corrected chi connectivity index (χ2v) is 6.50. The lowest BCUT2D eigenvalue weighted by Gasteiger charge is -2.33. The van der Waals surface area contributed by atoms with Crippen molar-refractivity contribution in [3.8, 4) is 11.8 Å². The van der Waals surface area contributed by atoms with Gasteiger partial charge in [-0.2, -0.15) is 0 Å². The van der Waals surface area contributed by atoms with Gasteiger partial charge in [0.25, 0.3) is 0 Å². The lowest BCUT2D eigenvalue weighted by Crippen LogP contribution is -2.38. The van der Waals surface area contributed by atoms with Crippen LogP contribution in [0.2, 0.25) is 0 Å². The molecule has 1 heterocycles. The van der Waals surface area contributed by atoms with E-state index in [1.165, 1.54) is 18.4 Å². The van der Waals surface area contributed by atoms with Crippen LogP contribution in [-0.2, 0) is 9.53 Å². The number of esters is 1. The first-order chi connectivity index (χ1) is 11.1. The summed E-state index contributed by atoms with van der Waals surface area (Å²) in [6.45, 7) is 1.95. The molecular weight excluding hydrogens is 314 g/mol. The van der Waals surface area contributed by atoms with Crippen molar-refractivity contribution >= 4 is 29.4 Å². The van der Waals surface area contributed by atoms with Crippen molar-refractivity contribution in [1.82, 2.24) is 0 Å². The number of thiophene rings is 1. The molecule has 0 atom stereocenters. The monoisotopic (exact) mass is 335 g/mol. The fourth-order valence-corrected chi connectivity index (χ4v) is 3.67. The van der Waals surface area contributed by atoms with E-state index in [-0.39, 0.29) is 12.1 Å². The van der Waals surface area contributed by atoms with E-state index < -0.39 is 5.97 Å². The number of aliphatic hydroxyl groups is 1. The topological polar surface area (TPSA) is 66.8 Å². The molecule has 0 radical (unpaired) electrons. The van der Waals surface area contributed by atoms with Crippen LogP contribution in [0.25, 0.3) is 0 Å². The normalized spacial score (nSPS) is 20.3. The summed E-state index contributed by atoms with van der Waals surface area (Å²) in [5.41, 5.74) is 0.554. The van der Waals surface area contributed by atoms with Crippen molar-refractivity contribution in [2.24, 2.45) is 0 Å². The highest BCUT2D eigenvalue weighted by molar-refractivity contribution is 7.15. The third kappa shape index (κ3) is 4.12. The Hall–Kier alpha value is -1.84.